The number of ether oxygens (including phenoxy) is 2. The first kappa shape index (κ1) is 15.1. The Morgan fingerprint density at radius 2 is 2.20 bits per heavy atom. The van der Waals surface area contributed by atoms with Gasteiger partial charge in [-0.1, -0.05) is 18.2 Å². The van der Waals surface area contributed by atoms with Crippen molar-refractivity contribution in [2.24, 2.45) is 0 Å². The number of hydrogen-bond donors (Lipinski definition) is 2. The van der Waals surface area contributed by atoms with Crippen LogP contribution in [-0.2, 0) is 9.53 Å². The molecule has 0 aliphatic carbocycles. The highest BCUT2D eigenvalue weighted by Crippen LogP contribution is 2.31. The first-order valence-electron chi connectivity index (χ1n) is 6.63. The Kier molecular flexibility index (Phi) is 4.86. The number of para-hydroxylation sites is 1. The molecule has 2 aliphatic heterocycles. The van der Waals surface area contributed by atoms with Gasteiger partial charge in [-0.15, -0.1) is 12.4 Å². The average molecular weight is 299 g/mol. The number of hydrogen-bond acceptors (Lipinski definition) is 4. The van der Waals surface area contributed by atoms with E-state index >= 15 is 0 Å². The lowest BCUT2D eigenvalue weighted by Gasteiger charge is -2.30. The summed E-state index contributed by atoms with van der Waals surface area (Å²) in [5.74, 6) is 0.825. The molecule has 20 heavy (non-hydrogen) atoms. The maximum absolute atomic E-state index is 12.3. The zero-order valence-corrected chi connectivity index (χ0v) is 12.1. The molecule has 2 heterocycles. The van der Waals surface area contributed by atoms with E-state index in [9.17, 15) is 4.79 Å². The topological polar surface area (TPSA) is 59.6 Å². The predicted molar refractivity (Wildman–Crippen MR) is 77.3 cm³/mol. The summed E-state index contributed by atoms with van der Waals surface area (Å²) in [6, 6.07) is 7.44. The van der Waals surface area contributed by atoms with Crippen LogP contribution in [0, 0.1) is 0 Å². The standard InChI is InChI=1S/C14H18N2O3.ClH/c1-9-13(15-6-7-18-9)14(17)16-11-8-19-12-5-3-2-4-10(11)12;/h2-5,9,11,13,15H,6-8H2,1H3,(H,16,17);1H/t9-,11?,13+;/m1./s1. The number of carbonyl (C=O) groups is 1. The van der Waals surface area contributed by atoms with E-state index < -0.39 is 0 Å². The molecular weight excluding hydrogens is 280 g/mol. The molecule has 1 aromatic rings. The molecule has 1 aromatic carbocycles. The smallest absolute Gasteiger partial charge is 0.240 e. The summed E-state index contributed by atoms with van der Waals surface area (Å²) in [6.45, 7) is 3.77. The Morgan fingerprint density at radius 3 is 3.00 bits per heavy atom. The van der Waals surface area contributed by atoms with E-state index in [1.54, 1.807) is 0 Å². The molecule has 3 rings (SSSR count). The lowest BCUT2D eigenvalue weighted by Crippen LogP contribution is -2.56. The first-order chi connectivity index (χ1) is 9.25. The number of fused-ring (bicyclic) bond motifs is 1. The Hall–Kier alpha value is -1.30. The van der Waals surface area contributed by atoms with Crippen molar-refractivity contribution < 1.29 is 14.3 Å². The van der Waals surface area contributed by atoms with Crippen LogP contribution in [-0.4, -0.2) is 37.8 Å². The minimum Gasteiger partial charge on any atom is -0.491 e. The van der Waals surface area contributed by atoms with E-state index in [-0.39, 0.29) is 36.5 Å². The van der Waals surface area contributed by atoms with E-state index in [4.69, 9.17) is 9.47 Å². The van der Waals surface area contributed by atoms with Crippen LogP contribution in [0.5, 0.6) is 5.75 Å². The molecule has 1 saturated heterocycles. The molecule has 1 amide bonds. The third-order valence-corrected chi connectivity index (χ3v) is 3.62. The largest absolute Gasteiger partial charge is 0.491 e. The fourth-order valence-corrected chi connectivity index (χ4v) is 2.57. The molecule has 0 spiro atoms. The number of nitrogens with one attached hydrogen (secondary N) is 2. The van der Waals surface area contributed by atoms with Crippen LogP contribution in [0.25, 0.3) is 0 Å². The molecular formula is C14H19ClN2O3. The number of rotatable bonds is 2. The molecule has 3 atom stereocenters. The molecule has 2 N–H and O–H groups in total. The van der Waals surface area contributed by atoms with Gasteiger partial charge in [-0.05, 0) is 13.0 Å². The predicted octanol–water partition coefficient (Wildman–Crippen LogP) is 1.04. The maximum Gasteiger partial charge on any atom is 0.240 e. The van der Waals surface area contributed by atoms with Crippen LogP contribution >= 0.6 is 12.4 Å². The van der Waals surface area contributed by atoms with E-state index in [0.717, 1.165) is 11.3 Å². The van der Waals surface area contributed by atoms with Crippen LogP contribution in [0.4, 0.5) is 0 Å². The molecule has 0 aromatic heterocycles. The highest BCUT2D eigenvalue weighted by Gasteiger charge is 2.32. The minimum atomic E-state index is -0.290. The van der Waals surface area contributed by atoms with Crippen molar-refractivity contribution in [2.75, 3.05) is 19.8 Å². The molecule has 1 fully saturated rings. The van der Waals surface area contributed by atoms with Gasteiger partial charge < -0.3 is 20.1 Å². The molecule has 110 valence electrons. The summed E-state index contributed by atoms with van der Waals surface area (Å²) < 4.78 is 11.1. The quantitative estimate of drug-likeness (QED) is 0.856. The van der Waals surface area contributed by atoms with Gasteiger partial charge in [0.05, 0.1) is 18.8 Å². The van der Waals surface area contributed by atoms with Gasteiger partial charge in [0.15, 0.2) is 0 Å². The SMILES string of the molecule is C[C@H]1OCCN[C@@H]1C(=O)NC1COc2ccccc21.Cl. The highest BCUT2D eigenvalue weighted by atomic mass is 35.5. The Labute approximate surface area is 124 Å². The maximum atomic E-state index is 12.3. The fourth-order valence-electron chi connectivity index (χ4n) is 2.57. The van der Waals surface area contributed by atoms with E-state index in [1.165, 1.54) is 0 Å². The van der Waals surface area contributed by atoms with Crippen molar-refractivity contribution in [3.63, 3.8) is 0 Å². The van der Waals surface area contributed by atoms with Gasteiger partial charge in [-0.3, -0.25) is 4.79 Å². The highest BCUT2D eigenvalue weighted by molar-refractivity contribution is 5.85. The minimum absolute atomic E-state index is 0. The van der Waals surface area contributed by atoms with Crippen LogP contribution < -0.4 is 15.4 Å². The van der Waals surface area contributed by atoms with Crippen molar-refractivity contribution in [1.29, 1.82) is 0 Å². The fraction of sp³-hybridized carbons (Fsp3) is 0.500. The molecule has 6 heteroatoms. The van der Waals surface area contributed by atoms with Crippen LogP contribution in [0.15, 0.2) is 24.3 Å². The lowest BCUT2D eigenvalue weighted by molar-refractivity contribution is -0.129. The van der Waals surface area contributed by atoms with Crippen LogP contribution in [0.1, 0.15) is 18.5 Å². The molecule has 5 nitrogen and oxygen atoms in total. The molecule has 0 bridgehead atoms. The summed E-state index contributed by atoms with van der Waals surface area (Å²) >= 11 is 0. The van der Waals surface area contributed by atoms with E-state index in [1.807, 2.05) is 31.2 Å². The van der Waals surface area contributed by atoms with Gasteiger partial charge in [0.2, 0.25) is 5.91 Å². The molecule has 0 saturated carbocycles. The van der Waals surface area contributed by atoms with Gasteiger partial charge in [0.25, 0.3) is 0 Å². The average Bonchev–Trinajstić information content (AvgIpc) is 2.83. The Morgan fingerprint density at radius 1 is 1.40 bits per heavy atom. The van der Waals surface area contributed by atoms with Crippen molar-refractivity contribution in [2.45, 2.75) is 25.1 Å². The zero-order valence-electron chi connectivity index (χ0n) is 11.3. The van der Waals surface area contributed by atoms with Crippen LogP contribution in [0.2, 0.25) is 0 Å². The number of carbonyl (C=O) groups excluding carboxylic acids is 1. The number of benzene rings is 1. The third-order valence-electron chi connectivity index (χ3n) is 3.62. The third kappa shape index (κ3) is 2.90. The first-order valence-corrected chi connectivity index (χ1v) is 6.63. The second-order valence-electron chi connectivity index (χ2n) is 4.92. The van der Waals surface area contributed by atoms with Crippen molar-refractivity contribution >= 4 is 18.3 Å². The summed E-state index contributed by atoms with van der Waals surface area (Å²) in [4.78, 5) is 12.3. The number of amides is 1. The summed E-state index contributed by atoms with van der Waals surface area (Å²) in [5.41, 5.74) is 1.04. The molecule has 0 radical (unpaired) electrons. The van der Waals surface area contributed by atoms with Gasteiger partial charge in [0, 0.05) is 12.1 Å². The molecule has 2 aliphatic rings. The van der Waals surface area contributed by atoms with Crippen molar-refractivity contribution in [1.82, 2.24) is 10.6 Å². The van der Waals surface area contributed by atoms with Gasteiger partial charge >= 0.3 is 0 Å². The monoisotopic (exact) mass is 298 g/mol. The summed E-state index contributed by atoms with van der Waals surface area (Å²) in [6.07, 6.45) is -0.105. The van der Waals surface area contributed by atoms with Crippen LogP contribution in [0.3, 0.4) is 0 Å². The summed E-state index contributed by atoms with van der Waals surface area (Å²) in [5, 5.41) is 6.22. The Balaban J connectivity index is 0.00000147. The number of morpholine rings is 1. The zero-order chi connectivity index (χ0) is 13.2. The van der Waals surface area contributed by atoms with Gasteiger partial charge in [0.1, 0.15) is 18.4 Å². The van der Waals surface area contributed by atoms with Gasteiger partial charge in [-0.25, -0.2) is 0 Å². The second-order valence-corrected chi connectivity index (χ2v) is 4.92. The second kappa shape index (κ2) is 6.43. The van der Waals surface area contributed by atoms with E-state index in [2.05, 4.69) is 10.6 Å². The Bertz CT molecular complexity index is 483. The lowest BCUT2D eigenvalue weighted by atomic mass is 10.1. The van der Waals surface area contributed by atoms with Gasteiger partial charge in [-0.2, -0.15) is 0 Å². The molecule has 1 unspecified atom stereocenters. The number of halogens is 1. The summed E-state index contributed by atoms with van der Waals surface area (Å²) in [7, 11) is 0. The normalized spacial score (nSPS) is 27.9. The van der Waals surface area contributed by atoms with Crippen molar-refractivity contribution in [3.8, 4) is 5.75 Å². The van der Waals surface area contributed by atoms with E-state index in [0.29, 0.717) is 19.8 Å². The van der Waals surface area contributed by atoms with Crippen molar-refractivity contribution in [3.05, 3.63) is 29.8 Å².